The molecule has 1 rings (SSSR count). The first kappa shape index (κ1) is 13.1. The van der Waals surface area contributed by atoms with Crippen LogP contribution in [0.4, 0.5) is 4.39 Å². The minimum atomic E-state index is -0.123. The van der Waals surface area contributed by atoms with Crippen LogP contribution in [0.5, 0.6) is 0 Å². The van der Waals surface area contributed by atoms with Crippen LogP contribution in [0, 0.1) is 5.82 Å². The van der Waals surface area contributed by atoms with Gasteiger partial charge in [0.15, 0.2) is 0 Å². The van der Waals surface area contributed by atoms with Crippen LogP contribution < -0.4 is 5.32 Å². The van der Waals surface area contributed by atoms with Crippen molar-refractivity contribution in [2.45, 2.75) is 33.0 Å². The summed E-state index contributed by atoms with van der Waals surface area (Å²) in [6, 6.07) is 5.77. The first-order valence-electron chi connectivity index (χ1n) is 5.64. The molecule has 1 aromatic carbocycles. The standard InChI is InChI=1S/C13H21FN2/c1-10(2)15-8-11-5-6-13(14)12(7-11)9-16(3)4/h5-7,10,15H,8-9H2,1-4H3. The summed E-state index contributed by atoms with van der Waals surface area (Å²) in [4.78, 5) is 1.97. The largest absolute Gasteiger partial charge is 0.310 e. The minimum absolute atomic E-state index is 0.123. The molecular formula is C13H21FN2. The van der Waals surface area contributed by atoms with Crippen LogP contribution in [0.3, 0.4) is 0 Å². The second-order valence-corrected chi connectivity index (χ2v) is 4.70. The fourth-order valence-corrected chi connectivity index (χ4v) is 1.52. The molecule has 0 aliphatic carbocycles. The molecule has 2 nitrogen and oxygen atoms in total. The van der Waals surface area contributed by atoms with E-state index < -0.39 is 0 Å². The van der Waals surface area contributed by atoms with E-state index in [1.807, 2.05) is 31.1 Å². The van der Waals surface area contributed by atoms with E-state index in [9.17, 15) is 4.39 Å². The molecular weight excluding hydrogens is 203 g/mol. The van der Waals surface area contributed by atoms with Gasteiger partial charge in [0.2, 0.25) is 0 Å². The molecule has 0 bridgehead atoms. The van der Waals surface area contributed by atoms with Crippen LogP contribution in [0.1, 0.15) is 25.0 Å². The Hall–Kier alpha value is -0.930. The van der Waals surface area contributed by atoms with Crippen molar-refractivity contribution in [3.8, 4) is 0 Å². The summed E-state index contributed by atoms with van der Waals surface area (Å²) in [5.74, 6) is -0.123. The molecule has 1 aromatic rings. The predicted octanol–water partition coefficient (Wildman–Crippen LogP) is 2.39. The molecule has 0 fully saturated rings. The lowest BCUT2D eigenvalue weighted by atomic mass is 10.1. The van der Waals surface area contributed by atoms with E-state index in [1.165, 1.54) is 0 Å². The van der Waals surface area contributed by atoms with Crippen molar-refractivity contribution < 1.29 is 4.39 Å². The van der Waals surface area contributed by atoms with Crippen molar-refractivity contribution in [1.29, 1.82) is 0 Å². The van der Waals surface area contributed by atoms with Gasteiger partial charge in [-0.2, -0.15) is 0 Å². The molecule has 0 unspecified atom stereocenters. The molecule has 0 amide bonds. The maximum absolute atomic E-state index is 13.5. The fraction of sp³-hybridized carbons (Fsp3) is 0.538. The van der Waals surface area contributed by atoms with Crippen molar-refractivity contribution in [2.24, 2.45) is 0 Å². The Morgan fingerprint density at radius 2 is 2.00 bits per heavy atom. The van der Waals surface area contributed by atoms with Crippen molar-refractivity contribution in [1.82, 2.24) is 10.2 Å². The van der Waals surface area contributed by atoms with E-state index in [4.69, 9.17) is 0 Å². The third kappa shape index (κ3) is 4.29. The van der Waals surface area contributed by atoms with Crippen LogP contribution in [-0.4, -0.2) is 25.0 Å². The van der Waals surface area contributed by atoms with Gasteiger partial charge in [-0.25, -0.2) is 4.39 Å². The van der Waals surface area contributed by atoms with Gasteiger partial charge in [-0.05, 0) is 25.7 Å². The molecule has 1 N–H and O–H groups in total. The second kappa shape index (κ2) is 5.97. The molecule has 0 atom stereocenters. The highest BCUT2D eigenvalue weighted by Gasteiger charge is 2.05. The third-order valence-corrected chi connectivity index (χ3v) is 2.31. The summed E-state index contributed by atoms with van der Waals surface area (Å²) in [5.41, 5.74) is 1.89. The zero-order chi connectivity index (χ0) is 12.1. The van der Waals surface area contributed by atoms with Gasteiger partial charge in [0.1, 0.15) is 5.82 Å². The smallest absolute Gasteiger partial charge is 0.127 e. The first-order valence-corrected chi connectivity index (χ1v) is 5.64. The average molecular weight is 224 g/mol. The van der Waals surface area contributed by atoms with E-state index in [-0.39, 0.29) is 5.82 Å². The van der Waals surface area contributed by atoms with Gasteiger partial charge in [-0.1, -0.05) is 26.0 Å². The number of benzene rings is 1. The average Bonchev–Trinajstić information content (AvgIpc) is 2.18. The van der Waals surface area contributed by atoms with E-state index in [0.717, 1.165) is 17.7 Å². The first-order chi connectivity index (χ1) is 7.49. The maximum atomic E-state index is 13.5. The van der Waals surface area contributed by atoms with Crippen molar-refractivity contribution in [3.05, 3.63) is 35.1 Å². The Kier molecular flexibility index (Phi) is 4.90. The minimum Gasteiger partial charge on any atom is -0.310 e. The van der Waals surface area contributed by atoms with Gasteiger partial charge in [0.25, 0.3) is 0 Å². The normalized spacial score (nSPS) is 11.4. The Morgan fingerprint density at radius 3 is 2.56 bits per heavy atom. The summed E-state index contributed by atoms with van der Waals surface area (Å²) in [7, 11) is 3.89. The molecule has 0 saturated heterocycles. The van der Waals surface area contributed by atoms with Crippen LogP contribution in [0.25, 0.3) is 0 Å². The number of nitrogens with zero attached hydrogens (tertiary/aromatic N) is 1. The Balaban J connectivity index is 2.73. The van der Waals surface area contributed by atoms with Crippen molar-refractivity contribution >= 4 is 0 Å². The van der Waals surface area contributed by atoms with Crippen LogP contribution >= 0.6 is 0 Å². The lowest BCUT2D eigenvalue weighted by Crippen LogP contribution is -2.22. The van der Waals surface area contributed by atoms with Gasteiger partial charge >= 0.3 is 0 Å². The summed E-state index contributed by atoms with van der Waals surface area (Å²) < 4.78 is 13.5. The van der Waals surface area contributed by atoms with Gasteiger partial charge in [-0.15, -0.1) is 0 Å². The third-order valence-electron chi connectivity index (χ3n) is 2.31. The van der Waals surface area contributed by atoms with E-state index >= 15 is 0 Å². The highest BCUT2D eigenvalue weighted by Crippen LogP contribution is 2.12. The molecule has 0 aromatic heterocycles. The summed E-state index contributed by atoms with van der Waals surface area (Å²) in [6.07, 6.45) is 0. The SMILES string of the molecule is CC(C)NCc1ccc(F)c(CN(C)C)c1. The number of hydrogen-bond acceptors (Lipinski definition) is 2. The van der Waals surface area contributed by atoms with Crippen molar-refractivity contribution in [2.75, 3.05) is 14.1 Å². The zero-order valence-corrected chi connectivity index (χ0v) is 10.5. The van der Waals surface area contributed by atoms with E-state index in [1.54, 1.807) is 6.07 Å². The van der Waals surface area contributed by atoms with Crippen LogP contribution in [0.15, 0.2) is 18.2 Å². The highest BCUT2D eigenvalue weighted by molar-refractivity contribution is 5.25. The second-order valence-electron chi connectivity index (χ2n) is 4.70. The van der Waals surface area contributed by atoms with E-state index in [2.05, 4.69) is 19.2 Å². The summed E-state index contributed by atoms with van der Waals surface area (Å²) in [6.45, 7) is 5.63. The van der Waals surface area contributed by atoms with E-state index in [0.29, 0.717) is 12.6 Å². The summed E-state index contributed by atoms with van der Waals surface area (Å²) >= 11 is 0. The maximum Gasteiger partial charge on any atom is 0.127 e. The monoisotopic (exact) mass is 224 g/mol. The molecule has 90 valence electrons. The molecule has 0 saturated carbocycles. The Morgan fingerprint density at radius 1 is 1.31 bits per heavy atom. The highest BCUT2D eigenvalue weighted by atomic mass is 19.1. The topological polar surface area (TPSA) is 15.3 Å². The van der Waals surface area contributed by atoms with Gasteiger partial charge in [-0.3, -0.25) is 0 Å². The number of rotatable bonds is 5. The molecule has 16 heavy (non-hydrogen) atoms. The van der Waals surface area contributed by atoms with Crippen LogP contribution in [0.2, 0.25) is 0 Å². The number of halogens is 1. The molecule has 0 aliphatic heterocycles. The van der Waals surface area contributed by atoms with Crippen LogP contribution in [-0.2, 0) is 13.1 Å². The van der Waals surface area contributed by atoms with Gasteiger partial charge in [0.05, 0.1) is 0 Å². The molecule has 0 radical (unpaired) electrons. The quantitative estimate of drug-likeness (QED) is 0.826. The lowest BCUT2D eigenvalue weighted by molar-refractivity contribution is 0.392. The fourth-order valence-electron chi connectivity index (χ4n) is 1.52. The Bertz CT molecular complexity index is 335. The lowest BCUT2D eigenvalue weighted by Gasteiger charge is -2.13. The molecule has 0 spiro atoms. The Labute approximate surface area is 97.5 Å². The molecule has 0 heterocycles. The summed E-state index contributed by atoms with van der Waals surface area (Å²) in [5, 5.41) is 3.33. The predicted molar refractivity (Wildman–Crippen MR) is 65.8 cm³/mol. The molecule has 0 aliphatic rings. The van der Waals surface area contributed by atoms with Gasteiger partial charge < -0.3 is 10.2 Å². The number of hydrogen-bond donors (Lipinski definition) is 1. The zero-order valence-electron chi connectivity index (χ0n) is 10.5. The number of nitrogens with one attached hydrogen (secondary N) is 1. The van der Waals surface area contributed by atoms with Crippen molar-refractivity contribution in [3.63, 3.8) is 0 Å². The van der Waals surface area contributed by atoms with Gasteiger partial charge in [0, 0.05) is 24.7 Å². The molecule has 3 heteroatoms.